The summed E-state index contributed by atoms with van der Waals surface area (Å²) in [5.41, 5.74) is 9.99. The molecule has 0 aliphatic carbocycles. The van der Waals surface area contributed by atoms with E-state index in [1.165, 1.54) is 5.56 Å². The average molecular weight is 227 g/mol. The molecule has 2 nitrogen and oxygen atoms in total. The van der Waals surface area contributed by atoms with Gasteiger partial charge in [0, 0.05) is 11.8 Å². The lowest BCUT2D eigenvalue weighted by atomic mass is 10.1. The molecule has 0 fully saturated rings. The molecule has 88 valence electrons. The summed E-state index contributed by atoms with van der Waals surface area (Å²) in [6, 6.07) is 11.9. The Morgan fingerprint density at radius 3 is 2.29 bits per heavy atom. The first-order chi connectivity index (χ1) is 8.04. The molecular weight excluding hydrogens is 210 g/mol. The van der Waals surface area contributed by atoms with E-state index in [0.29, 0.717) is 0 Å². The maximum absolute atomic E-state index is 5.85. The molecule has 2 aromatic carbocycles. The van der Waals surface area contributed by atoms with Crippen LogP contribution in [0.4, 0.5) is 5.69 Å². The van der Waals surface area contributed by atoms with Crippen LogP contribution >= 0.6 is 0 Å². The fraction of sp³-hybridized carbons (Fsp3) is 0.200. The fourth-order valence-electron chi connectivity index (χ4n) is 1.88. The summed E-state index contributed by atoms with van der Waals surface area (Å²) in [4.78, 5) is 0. The molecule has 0 aliphatic rings. The topological polar surface area (TPSA) is 35.2 Å². The zero-order valence-electron chi connectivity index (χ0n) is 10.4. The van der Waals surface area contributed by atoms with E-state index >= 15 is 0 Å². The molecule has 0 bridgehead atoms. The number of aryl methyl sites for hydroxylation is 3. The number of hydrogen-bond acceptors (Lipinski definition) is 2. The third kappa shape index (κ3) is 2.78. The lowest BCUT2D eigenvalue weighted by Crippen LogP contribution is -1.91. The van der Waals surface area contributed by atoms with Gasteiger partial charge in [-0.1, -0.05) is 17.7 Å². The van der Waals surface area contributed by atoms with Gasteiger partial charge in [0.15, 0.2) is 0 Å². The first-order valence-corrected chi connectivity index (χ1v) is 5.67. The Balaban J connectivity index is 2.31. The molecule has 0 aliphatic heterocycles. The maximum atomic E-state index is 5.85. The lowest BCUT2D eigenvalue weighted by molar-refractivity contribution is 0.478. The molecule has 0 saturated carbocycles. The van der Waals surface area contributed by atoms with Crippen molar-refractivity contribution in [2.24, 2.45) is 0 Å². The molecule has 0 radical (unpaired) electrons. The monoisotopic (exact) mass is 227 g/mol. The molecule has 0 amide bonds. The zero-order valence-corrected chi connectivity index (χ0v) is 10.4. The highest BCUT2D eigenvalue weighted by Crippen LogP contribution is 2.27. The molecular formula is C15H17NO. The number of anilines is 1. The van der Waals surface area contributed by atoms with E-state index in [2.05, 4.69) is 13.0 Å². The predicted molar refractivity (Wildman–Crippen MR) is 71.6 cm³/mol. The Labute approximate surface area is 102 Å². The van der Waals surface area contributed by atoms with Crippen molar-refractivity contribution in [3.63, 3.8) is 0 Å². The van der Waals surface area contributed by atoms with Gasteiger partial charge in [0.1, 0.15) is 11.5 Å². The highest BCUT2D eigenvalue weighted by Gasteiger charge is 2.03. The molecule has 2 rings (SSSR count). The smallest absolute Gasteiger partial charge is 0.130 e. The second-order valence-electron chi connectivity index (χ2n) is 4.45. The minimum Gasteiger partial charge on any atom is -0.457 e. The van der Waals surface area contributed by atoms with Crippen molar-refractivity contribution in [3.8, 4) is 11.5 Å². The summed E-state index contributed by atoms with van der Waals surface area (Å²) in [5, 5.41) is 0. The zero-order chi connectivity index (χ0) is 12.4. The van der Waals surface area contributed by atoms with Crippen molar-refractivity contribution in [1.82, 2.24) is 0 Å². The van der Waals surface area contributed by atoms with Gasteiger partial charge in [-0.3, -0.25) is 0 Å². The van der Waals surface area contributed by atoms with Gasteiger partial charge < -0.3 is 10.5 Å². The second kappa shape index (κ2) is 4.50. The molecule has 0 spiro atoms. The Kier molecular flexibility index (Phi) is 3.05. The number of nitrogens with two attached hydrogens (primary N) is 1. The Bertz CT molecular complexity index is 526. The van der Waals surface area contributed by atoms with E-state index in [4.69, 9.17) is 10.5 Å². The molecule has 0 atom stereocenters. The molecule has 0 unspecified atom stereocenters. The summed E-state index contributed by atoms with van der Waals surface area (Å²) in [6.07, 6.45) is 0. The van der Waals surface area contributed by atoms with Crippen molar-refractivity contribution < 1.29 is 4.74 Å². The first-order valence-electron chi connectivity index (χ1n) is 5.67. The largest absolute Gasteiger partial charge is 0.457 e. The van der Waals surface area contributed by atoms with Crippen LogP contribution < -0.4 is 10.5 Å². The van der Waals surface area contributed by atoms with E-state index in [0.717, 1.165) is 28.3 Å². The standard InChI is InChI=1S/C15H17NO/c1-10-4-5-15(12(3)6-10)17-14-8-11(2)7-13(16)9-14/h4-9H,16H2,1-3H3. The third-order valence-electron chi connectivity index (χ3n) is 2.63. The summed E-state index contributed by atoms with van der Waals surface area (Å²) in [5.74, 6) is 1.66. The minimum atomic E-state index is 0.727. The Hall–Kier alpha value is -1.96. The van der Waals surface area contributed by atoms with Crippen LogP contribution in [-0.4, -0.2) is 0 Å². The van der Waals surface area contributed by atoms with Crippen molar-refractivity contribution in [1.29, 1.82) is 0 Å². The quantitative estimate of drug-likeness (QED) is 0.787. The Morgan fingerprint density at radius 1 is 0.882 bits per heavy atom. The lowest BCUT2D eigenvalue weighted by Gasteiger charge is -2.10. The van der Waals surface area contributed by atoms with Crippen LogP contribution in [0, 0.1) is 20.8 Å². The molecule has 0 saturated heterocycles. The molecule has 2 heteroatoms. The van der Waals surface area contributed by atoms with Crippen LogP contribution in [0.15, 0.2) is 36.4 Å². The van der Waals surface area contributed by atoms with Gasteiger partial charge in [-0.25, -0.2) is 0 Å². The Morgan fingerprint density at radius 2 is 1.65 bits per heavy atom. The summed E-state index contributed by atoms with van der Waals surface area (Å²) >= 11 is 0. The third-order valence-corrected chi connectivity index (χ3v) is 2.63. The average Bonchev–Trinajstić information content (AvgIpc) is 2.21. The van der Waals surface area contributed by atoms with Crippen LogP contribution in [0.25, 0.3) is 0 Å². The number of hydrogen-bond donors (Lipinski definition) is 1. The van der Waals surface area contributed by atoms with Gasteiger partial charge in [-0.15, -0.1) is 0 Å². The van der Waals surface area contributed by atoms with E-state index < -0.39 is 0 Å². The van der Waals surface area contributed by atoms with Gasteiger partial charge in [0.25, 0.3) is 0 Å². The van der Waals surface area contributed by atoms with E-state index in [1.54, 1.807) is 0 Å². The number of ether oxygens (including phenoxy) is 1. The first kappa shape index (κ1) is 11.5. The predicted octanol–water partition coefficient (Wildman–Crippen LogP) is 3.99. The van der Waals surface area contributed by atoms with Gasteiger partial charge in [0.2, 0.25) is 0 Å². The van der Waals surface area contributed by atoms with Crippen LogP contribution in [0.2, 0.25) is 0 Å². The van der Waals surface area contributed by atoms with Gasteiger partial charge in [-0.2, -0.15) is 0 Å². The molecule has 2 aromatic rings. The number of nitrogen functional groups attached to an aromatic ring is 1. The van der Waals surface area contributed by atoms with Crippen LogP contribution in [0.1, 0.15) is 16.7 Å². The van der Waals surface area contributed by atoms with E-state index in [-0.39, 0.29) is 0 Å². The molecule has 0 aromatic heterocycles. The van der Waals surface area contributed by atoms with E-state index in [9.17, 15) is 0 Å². The molecule has 0 heterocycles. The van der Waals surface area contributed by atoms with Gasteiger partial charge in [-0.05, 0) is 50.1 Å². The highest BCUT2D eigenvalue weighted by atomic mass is 16.5. The molecule has 2 N–H and O–H groups in total. The summed E-state index contributed by atoms with van der Waals surface area (Å²) in [7, 11) is 0. The molecule has 17 heavy (non-hydrogen) atoms. The maximum Gasteiger partial charge on any atom is 0.130 e. The normalized spacial score (nSPS) is 10.3. The summed E-state index contributed by atoms with van der Waals surface area (Å²) in [6.45, 7) is 6.12. The van der Waals surface area contributed by atoms with E-state index in [1.807, 2.05) is 44.2 Å². The van der Waals surface area contributed by atoms with Crippen molar-refractivity contribution in [2.75, 3.05) is 5.73 Å². The summed E-state index contributed by atoms with van der Waals surface area (Å²) < 4.78 is 5.85. The second-order valence-corrected chi connectivity index (χ2v) is 4.45. The van der Waals surface area contributed by atoms with Gasteiger partial charge in [0.05, 0.1) is 0 Å². The SMILES string of the molecule is Cc1cc(N)cc(Oc2ccc(C)cc2C)c1. The van der Waals surface area contributed by atoms with Crippen molar-refractivity contribution in [3.05, 3.63) is 53.1 Å². The van der Waals surface area contributed by atoms with Crippen molar-refractivity contribution >= 4 is 5.69 Å². The van der Waals surface area contributed by atoms with Crippen LogP contribution in [0.3, 0.4) is 0 Å². The minimum absolute atomic E-state index is 0.727. The van der Waals surface area contributed by atoms with Crippen molar-refractivity contribution in [2.45, 2.75) is 20.8 Å². The van der Waals surface area contributed by atoms with Crippen LogP contribution in [0.5, 0.6) is 11.5 Å². The fourth-order valence-corrected chi connectivity index (χ4v) is 1.88. The highest BCUT2D eigenvalue weighted by molar-refractivity contribution is 5.49. The van der Waals surface area contributed by atoms with Crippen LogP contribution in [-0.2, 0) is 0 Å². The number of benzene rings is 2. The number of rotatable bonds is 2. The van der Waals surface area contributed by atoms with Gasteiger partial charge >= 0.3 is 0 Å².